The van der Waals surface area contributed by atoms with Crippen molar-refractivity contribution in [1.82, 2.24) is 5.32 Å². The average molecular weight is 338 g/mol. The smallest absolute Gasteiger partial charge is 0.270 e. The molecule has 0 fully saturated rings. The molecule has 2 rings (SSSR count). The van der Waals surface area contributed by atoms with E-state index in [2.05, 4.69) is 31.4 Å². The second-order valence-corrected chi connectivity index (χ2v) is 7.51. The highest BCUT2D eigenvalue weighted by Crippen LogP contribution is 2.40. The summed E-state index contributed by atoms with van der Waals surface area (Å²) >= 11 is 0. The molecule has 0 radical (unpaired) electrons. The number of hydrogen-bond donors (Lipinski definition) is 2. The van der Waals surface area contributed by atoms with Crippen LogP contribution in [0, 0.1) is 11.8 Å². The summed E-state index contributed by atoms with van der Waals surface area (Å²) in [5.41, 5.74) is 2.18. The van der Waals surface area contributed by atoms with Crippen LogP contribution in [0.2, 0.25) is 0 Å². The lowest BCUT2D eigenvalue weighted by Gasteiger charge is -2.33. The number of halogens is 2. The largest absolute Gasteiger partial charge is 0.385 e. The molecule has 0 amide bonds. The molecule has 0 bridgehead atoms. The Morgan fingerprint density at radius 3 is 2.79 bits per heavy atom. The van der Waals surface area contributed by atoms with E-state index < -0.39 is 5.92 Å². The van der Waals surface area contributed by atoms with Gasteiger partial charge in [0.1, 0.15) is 0 Å². The summed E-state index contributed by atoms with van der Waals surface area (Å²) in [7, 11) is 0. The van der Waals surface area contributed by atoms with Crippen molar-refractivity contribution in [2.24, 2.45) is 11.8 Å². The highest BCUT2D eigenvalue weighted by Gasteiger charge is 2.30. The van der Waals surface area contributed by atoms with Crippen molar-refractivity contribution in [3.8, 4) is 0 Å². The summed E-state index contributed by atoms with van der Waals surface area (Å²) < 4.78 is 27.2. The Morgan fingerprint density at radius 2 is 2.12 bits per heavy atom. The Labute approximate surface area is 145 Å². The van der Waals surface area contributed by atoms with Crippen LogP contribution in [0.3, 0.4) is 0 Å². The number of nitrogens with one attached hydrogen (secondary N) is 2. The first-order chi connectivity index (χ1) is 11.3. The lowest BCUT2D eigenvalue weighted by atomic mass is 9.79. The van der Waals surface area contributed by atoms with Crippen LogP contribution in [0.25, 0.3) is 0 Å². The first kappa shape index (κ1) is 19.2. The van der Waals surface area contributed by atoms with Crippen molar-refractivity contribution >= 4 is 5.69 Å². The van der Waals surface area contributed by atoms with Gasteiger partial charge in [0.25, 0.3) is 5.92 Å². The maximum Gasteiger partial charge on any atom is 0.270 e. The maximum atomic E-state index is 13.6. The number of fused-ring (bicyclic) bond motifs is 1. The summed E-state index contributed by atoms with van der Waals surface area (Å²) in [6, 6.07) is 5.05. The Bertz CT molecular complexity index is 525. The van der Waals surface area contributed by atoms with Gasteiger partial charge in [0.15, 0.2) is 0 Å². The minimum absolute atomic E-state index is 0.118. The lowest BCUT2D eigenvalue weighted by Crippen LogP contribution is -2.28. The molecular formula is C20H32F2N2. The molecule has 0 aromatic heterocycles. The summed E-state index contributed by atoms with van der Waals surface area (Å²) in [4.78, 5) is 0. The number of anilines is 1. The third-order valence-electron chi connectivity index (χ3n) is 5.26. The Morgan fingerprint density at radius 1 is 1.38 bits per heavy atom. The first-order valence-electron chi connectivity index (χ1n) is 9.29. The van der Waals surface area contributed by atoms with Crippen LogP contribution in [0.1, 0.15) is 64.0 Å². The third kappa shape index (κ3) is 4.92. The fourth-order valence-corrected chi connectivity index (χ4v) is 3.52. The molecule has 0 saturated carbocycles. The molecular weight excluding hydrogens is 306 g/mol. The molecule has 2 N–H and O–H groups in total. The van der Waals surface area contributed by atoms with E-state index in [9.17, 15) is 8.78 Å². The van der Waals surface area contributed by atoms with E-state index in [1.54, 1.807) is 12.1 Å². The quantitative estimate of drug-likeness (QED) is 0.624. The van der Waals surface area contributed by atoms with Crippen LogP contribution in [0.5, 0.6) is 0 Å². The van der Waals surface area contributed by atoms with Crippen LogP contribution in [0.15, 0.2) is 18.2 Å². The minimum Gasteiger partial charge on any atom is -0.385 e. The van der Waals surface area contributed by atoms with Crippen molar-refractivity contribution in [2.75, 3.05) is 25.0 Å². The van der Waals surface area contributed by atoms with E-state index >= 15 is 0 Å². The second-order valence-electron chi connectivity index (χ2n) is 7.51. The standard InChI is InChI=1S/C20H32F2N2/c1-5-10-23-12-14(2)6-7-16-13-24-19-9-8-17(20(4,21)22)11-18(19)15(16)3/h8-9,11,14-16,23-24H,5-7,10,12-13H2,1-4H3. The van der Waals surface area contributed by atoms with Gasteiger partial charge in [0.05, 0.1) is 0 Å². The number of hydrogen-bond acceptors (Lipinski definition) is 2. The summed E-state index contributed by atoms with van der Waals surface area (Å²) in [5.74, 6) is -1.30. The van der Waals surface area contributed by atoms with Crippen LogP contribution in [-0.2, 0) is 5.92 Å². The molecule has 1 aliphatic heterocycles. The van der Waals surface area contributed by atoms with Gasteiger partial charge in [0.2, 0.25) is 0 Å². The lowest BCUT2D eigenvalue weighted by molar-refractivity contribution is 0.0173. The minimum atomic E-state index is -2.78. The predicted octanol–water partition coefficient (Wildman–Crippen LogP) is 5.36. The number of rotatable bonds is 8. The molecule has 0 aliphatic carbocycles. The Kier molecular flexibility index (Phi) is 6.62. The van der Waals surface area contributed by atoms with Gasteiger partial charge in [-0.1, -0.05) is 26.8 Å². The van der Waals surface area contributed by atoms with Gasteiger partial charge in [-0.15, -0.1) is 0 Å². The molecule has 136 valence electrons. The van der Waals surface area contributed by atoms with Gasteiger partial charge < -0.3 is 10.6 Å². The van der Waals surface area contributed by atoms with Gasteiger partial charge >= 0.3 is 0 Å². The van der Waals surface area contributed by atoms with Crippen LogP contribution in [-0.4, -0.2) is 19.6 Å². The SMILES string of the molecule is CCCNCC(C)CCC1CNc2ccc(C(C)(F)F)cc2C1C. The fraction of sp³-hybridized carbons (Fsp3) is 0.700. The van der Waals surface area contributed by atoms with Crippen molar-refractivity contribution in [3.63, 3.8) is 0 Å². The van der Waals surface area contributed by atoms with Crippen molar-refractivity contribution in [2.45, 2.75) is 58.8 Å². The van der Waals surface area contributed by atoms with E-state index in [0.29, 0.717) is 17.8 Å². The van der Waals surface area contributed by atoms with Crippen LogP contribution < -0.4 is 10.6 Å². The molecule has 3 unspecified atom stereocenters. The van der Waals surface area contributed by atoms with Crippen molar-refractivity contribution < 1.29 is 8.78 Å². The highest BCUT2D eigenvalue weighted by atomic mass is 19.3. The molecule has 1 aromatic rings. The average Bonchev–Trinajstić information content (AvgIpc) is 2.53. The molecule has 1 heterocycles. The van der Waals surface area contributed by atoms with Crippen LogP contribution >= 0.6 is 0 Å². The fourth-order valence-electron chi connectivity index (χ4n) is 3.52. The Balaban J connectivity index is 1.97. The Hall–Kier alpha value is -1.16. The molecule has 4 heteroatoms. The van der Waals surface area contributed by atoms with Gasteiger partial charge in [-0.05, 0) is 67.8 Å². The monoisotopic (exact) mass is 338 g/mol. The molecule has 2 nitrogen and oxygen atoms in total. The zero-order valence-electron chi connectivity index (χ0n) is 15.5. The molecule has 3 atom stereocenters. The molecule has 24 heavy (non-hydrogen) atoms. The summed E-state index contributed by atoms with van der Waals surface area (Å²) in [6.45, 7) is 10.7. The molecule has 0 spiro atoms. The number of benzene rings is 1. The molecule has 1 aromatic carbocycles. The maximum absolute atomic E-state index is 13.6. The van der Waals surface area contributed by atoms with Crippen LogP contribution in [0.4, 0.5) is 14.5 Å². The normalized spacial score (nSPS) is 21.9. The summed E-state index contributed by atoms with van der Waals surface area (Å²) in [6.07, 6.45) is 3.47. The zero-order valence-corrected chi connectivity index (χ0v) is 15.5. The third-order valence-corrected chi connectivity index (χ3v) is 5.26. The number of alkyl halides is 2. The van der Waals surface area contributed by atoms with Gasteiger partial charge in [0, 0.05) is 24.7 Å². The van der Waals surface area contributed by atoms with E-state index in [0.717, 1.165) is 50.7 Å². The van der Waals surface area contributed by atoms with Gasteiger partial charge in [-0.25, -0.2) is 8.78 Å². The van der Waals surface area contributed by atoms with Gasteiger partial charge in [-0.2, -0.15) is 0 Å². The zero-order chi connectivity index (χ0) is 17.7. The topological polar surface area (TPSA) is 24.1 Å². The second kappa shape index (κ2) is 8.28. The summed E-state index contributed by atoms with van der Waals surface area (Å²) in [5, 5.41) is 6.91. The van der Waals surface area contributed by atoms with Gasteiger partial charge in [-0.3, -0.25) is 0 Å². The van der Waals surface area contributed by atoms with E-state index in [1.165, 1.54) is 6.42 Å². The molecule has 0 saturated heterocycles. The van der Waals surface area contributed by atoms with E-state index in [4.69, 9.17) is 0 Å². The molecule has 1 aliphatic rings. The van der Waals surface area contributed by atoms with E-state index in [-0.39, 0.29) is 5.56 Å². The predicted molar refractivity (Wildman–Crippen MR) is 98.0 cm³/mol. The first-order valence-corrected chi connectivity index (χ1v) is 9.29. The highest BCUT2D eigenvalue weighted by molar-refractivity contribution is 5.57. The van der Waals surface area contributed by atoms with E-state index in [1.807, 2.05) is 6.07 Å². The van der Waals surface area contributed by atoms with Crippen molar-refractivity contribution in [1.29, 1.82) is 0 Å². The van der Waals surface area contributed by atoms with Crippen molar-refractivity contribution in [3.05, 3.63) is 29.3 Å².